The summed E-state index contributed by atoms with van der Waals surface area (Å²) in [5.41, 5.74) is 1.05. The minimum atomic E-state index is -0.741. The number of rotatable bonds is 9. The van der Waals surface area contributed by atoms with Crippen LogP contribution in [0.4, 0.5) is 0 Å². The Bertz CT molecular complexity index is 1020. The van der Waals surface area contributed by atoms with E-state index < -0.39 is 5.97 Å². The number of allylic oxidation sites excluding steroid dienone is 2. The van der Waals surface area contributed by atoms with Gasteiger partial charge in [0, 0.05) is 27.9 Å². The number of fused-ring (bicyclic) bond motifs is 3. The Morgan fingerprint density at radius 2 is 2.09 bits per heavy atom. The van der Waals surface area contributed by atoms with Crippen LogP contribution in [-0.2, 0) is 4.79 Å². The predicted molar refractivity (Wildman–Crippen MR) is 128 cm³/mol. The van der Waals surface area contributed by atoms with Crippen LogP contribution in [-0.4, -0.2) is 30.1 Å². The molecule has 1 aromatic carbocycles. The summed E-state index contributed by atoms with van der Waals surface area (Å²) in [5.74, 6) is 1.70. The molecular formula is C26H33NO4S. The topological polar surface area (TPSA) is 75.6 Å². The van der Waals surface area contributed by atoms with E-state index in [4.69, 9.17) is 9.84 Å². The Balaban J connectivity index is 1.46. The molecule has 4 atom stereocenters. The summed E-state index contributed by atoms with van der Waals surface area (Å²) in [6.07, 6.45) is 9.18. The summed E-state index contributed by atoms with van der Waals surface area (Å²) >= 11 is 1.59. The lowest BCUT2D eigenvalue weighted by Crippen LogP contribution is -2.61. The lowest BCUT2D eigenvalue weighted by atomic mass is 9.44. The van der Waals surface area contributed by atoms with Gasteiger partial charge in [-0.05, 0) is 73.5 Å². The Morgan fingerprint density at radius 1 is 1.28 bits per heavy atom. The van der Waals surface area contributed by atoms with Crippen LogP contribution in [0, 0.1) is 23.2 Å². The van der Waals surface area contributed by atoms with Crippen LogP contribution in [0.15, 0.2) is 35.7 Å². The van der Waals surface area contributed by atoms with Crippen LogP contribution >= 0.6 is 11.3 Å². The molecule has 1 aromatic heterocycles. The molecule has 0 saturated heterocycles. The molecule has 172 valence electrons. The normalized spacial score (nSPS) is 26.1. The van der Waals surface area contributed by atoms with Gasteiger partial charge >= 0.3 is 5.97 Å². The molecule has 2 bridgehead atoms. The molecular weight excluding hydrogens is 422 g/mol. The maximum Gasteiger partial charge on any atom is 0.303 e. The molecule has 3 aliphatic carbocycles. The van der Waals surface area contributed by atoms with E-state index in [0.29, 0.717) is 29.6 Å². The van der Waals surface area contributed by atoms with Crippen molar-refractivity contribution < 1.29 is 19.4 Å². The van der Waals surface area contributed by atoms with Crippen LogP contribution in [0.3, 0.4) is 0 Å². The van der Waals surface area contributed by atoms with E-state index in [1.165, 1.54) is 6.42 Å². The molecule has 1 heterocycles. The van der Waals surface area contributed by atoms with Crippen molar-refractivity contribution in [2.45, 2.75) is 58.4 Å². The molecule has 32 heavy (non-hydrogen) atoms. The first-order valence-corrected chi connectivity index (χ1v) is 12.4. The molecule has 0 unspecified atom stereocenters. The standard InChI is InChI=1S/C26H33NO4S/c1-26(2)16-12-21(26)18(8-6-4-5-7-9-24(28)29)22(13-16)27-25(30)20-15-32-23-11-10-17(31-3)14-19(20)23/h4,6,10-11,14-16,18,21-22H,5,7-9,12-13H2,1-3H3,(H,27,30)(H,28,29)/b6-4-/t16-,18-,21+,22-/m1/s1. The highest BCUT2D eigenvalue weighted by atomic mass is 32.1. The van der Waals surface area contributed by atoms with Crippen molar-refractivity contribution >= 4 is 33.3 Å². The van der Waals surface area contributed by atoms with Gasteiger partial charge in [-0.2, -0.15) is 0 Å². The van der Waals surface area contributed by atoms with Crippen molar-refractivity contribution in [1.82, 2.24) is 5.32 Å². The first-order valence-electron chi connectivity index (χ1n) is 11.5. The van der Waals surface area contributed by atoms with Crippen molar-refractivity contribution in [3.63, 3.8) is 0 Å². The zero-order valence-corrected chi connectivity index (χ0v) is 19.9. The van der Waals surface area contributed by atoms with Gasteiger partial charge in [-0.1, -0.05) is 26.0 Å². The summed E-state index contributed by atoms with van der Waals surface area (Å²) in [6, 6.07) is 6.05. The fourth-order valence-corrected chi connectivity index (χ4v) is 6.66. The number of methoxy groups -OCH3 is 1. The SMILES string of the molecule is COc1ccc2scc(C(=O)N[C@@H]3C[C@H]4C[C@@H]([C@H]3C/C=C\CCCC(=O)O)C4(C)C)c2c1. The number of carbonyl (C=O) groups is 2. The molecule has 2 N–H and O–H groups in total. The largest absolute Gasteiger partial charge is 0.497 e. The Kier molecular flexibility index (Phi) is 6.61. The highest BCUT2D eigenvalue weighted by molar-refractivity contribution is 7.17. The lowest BCUT2D eigenvalue weighted by Gasteiger charge is -2.62. The number of hydrogen-bond donors (Lipinski definition) is 2. The number of amides is 1. The summed E-state index contributed by atoms with van der Waals surface area (Å²) in [5, 5.41) is 15.1. The lowest BCUT2D eigenvalue weighted by molar-refractivity contribution is -0.137. The molecule has 1 amide bonds. The molecule has 2 aromatic rings. The number of carboxylic acids is 1. The minimum Gasteiger partial charge on any atom is -0.497 e. The van der Waals surface area contributed by atoms with Crippen LogP contribution in [0.25, 0.3) is 10.1 Å². The van der Waals surface area contributed by atoms with Gasteiger partial charge in [0.2, 0.25) is 0 Å². The van der Waals surface area contributed by atoms with Gasteiger partial charge in [-0.3, -0.25) is 9.59 Å². The number of benzene rings is 1. The number of unbranched alkanes of at least 4 members (excludes halogenated alkanes) is 1. The van der Waals surface area contributed by atoms with Gasteiger partial charge in [0.15, 0.2) is 0 Å². The number of nitrogens with one attached hydrogen (secondary N) is 1. The third-order valence-corrected chi connectivity index (χ3v) is 8.76. The maximum absolute atomic E-state index is 13.3. The average Bonchev–Trinajstić information content (AvgIpc) is 3.19. The number of carboxylic acid groups (broad SMARTS) is 1. The number of carbonyl (C=O) groups excluding carboxylic acids is 1. The molecule has 6 heteroatoms. The zero-order valence-electron chi connectivity index (χ0n) is 19.1. The van der Waals surface area contributed by atoms with E-state index in [9.17, 15) is 9.59 Å². The van der Waals surface area contributed by atoms with E-state index in [-0.39, 0.29) is 18.4 Å². The van der Waals surface area contributed by atoms with E-state index in [1.54, 1.807) is 18.4 Å². The van der Waals surface area contributed by atoms with Gasteiger partial charge in [-0.25, -0.2) is 0 Å². The second-order valence-corrected chi connectivity index (χ2v) is 10.8. The summed E-state index contributed by atoms with van der Waals surface area (Å²) in [6.45, 7) is 4.73. The monoisotopic (exact) mass is 455 g/mol. The zero-order chi connectivity index (χ0) is 22.9. The van der Waals surface area contributed by atoms with Gasteiger partial charge in [0.1, 0.15) is 5.75 Å². The van der Waals surface area contributed by atoms with Gasteiger partial charge in [0.25, 0.3) is 5.91 Å². The van der Waals surface area contributed by atoms with Crippen molar-refractivity contribution in [2.24, 2.45) is 23.2 Å². The number of thiophene rings is 1. The maximum atomic E-state index is 13.3. The Morgan fingerprint density at radius 3 is 2.81 bits per heavy atom. The molecule has 3 saturated carbocycles. The van der Waals surface area contributed by atoms with Crippen LogP contribution < -0.4 is 10.1 Å². The van der Waals surface area contributed by atoms with Crippen molar-refractivity contribution in [2.75, 3.05) is 7.11 Å². The molecule has 3 fully saturated rings. The van der Waals surface area contributed by atoms with Crippen LogP contribution in [0.2, 0.25) is 0 Å². The van der Waals surface area contributed by atoms with Gasteiger partial charge in [0.05, 0.1) is 12.7 Å². The van der Waals surface area contributed by atoms with Crippen LogP contribution in [0.5, 0.6) is 5.75 Å². The van der Waals surface area contributed by atoms with Gasteiger partial charge in [-0.15, -0.1) is 11.3 Å². The molecule has 0 radical (unpaired) electrons. The minimum absolute atomic E-state index is 0.00375. The summed E-state index contributed by atoms with van der Waals surface area (Å²) < 4.78 is 6.44. The number of hydrogen-bond acceptors (Lipinski definition) is 4. The summed E-state index contributed by atoms with van der Waals surface area (Å²) in [4.78, 5) is 24.0. The molecule has 0 spiro atoms. The third-order valence-electron chi connectivity index (χ3n) is 7.80. The predicted octanol–water partition coefficient (Wildman–Crippen LogP) is 5.89. The van der Waals surface area contributed by atoms with E-state index in [0.717, 1.165) is 40.7 Å². The van der Waals surface area contributed by atoms with Crippen molar-refractivity contribution in [3.8, 4) is 5.75 Å². The van der Waals surface area contributed by atoms with Crippen molar-refractivity contribution in [3.05, 3.63) is 41.3 Å². The average molecular weight is 456 g/mol. The smallest absolute Gasteiger partial charge is 0.303 e. The Labute approximate surface area is 193 Å². The highest BCUT2D eigenvalue weighted by Gasteiger charge is 2.57. The highest BCUT2D eigenvalue weighted by Crippen LogP contribution is 2.62. The fourth-order valence-electron chi connectivity index (χ4n) is 5.74. The van der Waals surface area contributed by atoms with E-state index in [2.05, 4.69) is 31.3 Å². The second kappa shape index (κ2) is 9.26. The molecule has 0 aliphatic heterocycles. The first-order chi connectivity index (χ1) is 15.3. The van der Waals surface area contributed by atoms with Crippen molar-refractivity contribution in [1.29, 1.82) is 0 Å². The van der Waals surface area contributed by atoms with Crippen LogP contribution in [0.1, 0.15) is 62.7 Å². The van der Waals surface area contributed by atoms with E-state index >= 15 is 0 Å². The third kappa shape index (κ3) is 4.42. The Hall–Kier alpha value is -2.34. The fraction of sp³-hybridized carbons (Fsp3) is 0.538. The molecule has 3 aliphatic rings. The quantitative estimate of drug-likeness (QED) is 0.365. The van der Waals surface area contributed by atoms with E-state index in [1.807, 2.05) is 23.6 Å². The number of ether oxygens (including phenoxy) is 1. The second-order valence-electron chi connectivity index (χ2n) is 9.84. The van der Waals surface area contributed by atoms with Gasteiger partial charge < -0.3 is 15.2 Å². The molecule has 5 rings (SSSR count). The first kappa shape index (κ1) is 22.8. The number of aliphatic carboxylic acids is 1. The molecule has 5 nitrogen and oxygen atoms in total. The summed E-state index contributed by atoms with van der Waals surface area (Å²) in [7, 11) is 1.64.